The molecule has 9 aliphatic carbocycles. The maximum Gasteiger partial charge on any atom is 0.0766 e. The van der Waals surface area contributed by atoms with E-state index in [2.05, 4.69) is 28.4 Å². The Labute approximate surface area is 369 Å². The van der Waals surface area contributed by atoms with Crippen LogP contribution in [0.5, 0.6) is 0 Å². The van der Waals surface area contributed by atoms with Crippen LogP contribution in [0.15, 0.2) is 0 Å². The number of rotatable bonds is 5. The predicted molar refractivity (Wildman–Crippen MR) is 246 cm³/mol. The van der Waals surface area contributed by atoms with Crippen LogP contribution in [0.2, 0.25) is 0 Å². The Kier molecular flexibility index (Phi) is 11.3. The summed E-state index contributed by atoms with van der Waals surface area (Å²) in [6, 6.07) is 2.34. The lowest BCUT2D eigenvalue weighted by Gasteiger charge is -2.53. The molecule has 0 amide bonds. The molecule has 0 bridgehead atoms. The number of fused-ring (bicyclic) bond motifs is 13. The van der Waals surface area contributed by atoms with Gasteiger partial charge in [0.05, 0.1) is 24.4 Å². The molecule has 21 unspecified atom stereocenters. The first-order valence-electron chi connectivity index (χ1n) is 27.6. The second-order valence-electron chi connectivity index (χ2n) is 24.5. The van der Waals surface area contributed by atoms with Crippen LogP contribution < -0.4 is 0 Å². The van der Waals surface area contributed by atoms with E-state index >= 15 is 0 Å². The summed E-state index contributed by atoms with van der Waals surface area (Å²) in [6.45, 7) is 0. The minimum absolute atomic E-state index is 0.543. The van der Waals surface area contributed by atoms with E-state index in [9.17, 15) is 0 Å². The summed E-state index contributed by atoms with van der Waals surface area (Å²) in [5.74, 6) is 11.8. The average Bonchev–Trinajstić information content (AvgIpc) is 4.06. The zero-order chi connectivity index (χ0) is 38.6. The molecule has 0 aromatic carbocycles. The van der Waals surface area contributed by atoms with E-state index in [0.29, 0.717) is 30.5 Å². The van der Waals surface area contributed by atoms with Crippen LogP contribution in [0.4, 0.5) is 0 Å². The largest absolute Gasteiger partial charge is 0.374 e. The van der Waals surface area contributed by atoms with E-state index < -0.39 is 0 Å². The molecule has 9 saturated carbocycles. The van der Waals surface area contributed by atoms with Crippen molar-refractivity contribution in [3.63, 3.8) is 0 Å². The third kappa shape index (κ3) is 7.01. The minimum atomic E-state index is 0.543. The molecular weight excluding hydrogens is 759 g/mol. The van der Waals surface area contributed by atoms with Crippen LogP contribution in [-0.2, 0) is 9.47 Å². The van der Waals surface area contributed by atoms with Gasteiger partial charge in [0.1, 0.15) is 0 Å². The highest BCUT2D eigenvalue weighted by Crippen LogP contribution is 2.66. The first kappa shape index (κ1) is 39.9. The maximum absolute atomic E-state index is 7.41. The summed E-state index contributed by atoms with van der Waals surface area (Å²) in [7, 11) is 0. The highest BCUT2D eigenvalue weighted by atomic mass is 32.2. The predicted octanol–water partition coefficient (Wildman–Crippen LogP) is 13.5. The van der Waals surface area contributed by atoms with Gasteiger partial charge in [0, 0.05) is 39.1 Å². The SMILES string of the molecule is C1CCC2C(C1)OC1CC(C3CCC(N(C4CCCC(C5CCCC6C7CCC8SC9CCCCC9C8C7SC56)C4)C4CCCC5C6CCCCC6OC54)CC3)CCC12. The summed E-state index contributed by atoms with van der Waals surface area (Å²) < 4.78 is 14.3. The second kappa shape index (κ2) is 16.8. The van der Waals surface area contributed by atoms with Gasteiger partial charge in [0.25, 0.3) is 0 Å². The monoisotopic (exact) mass is 844 g/mol. The number of hydrogen-bond donors (Lipinski definition) is 0. The molecule has 3 nitrogen and oxygen atoms in total. The Balaban J connectivity index is 0.732. The topological polar surface area (TPSA) is 21.7 Å². The molecule has 13 fully saturated rings. The molecule has 5 heteroatoms. The van der Waals surface area contributed by atoms with E-state index in [1.165, 1.54) is 141 Å². The number of thioether (sulfide) groups is 2. The molecule has 0 aromatic rings. The van der Waals surface area contributed by atoms with Crippen molar-refractivity contribution in [2.24, 2.45) is 71.0 Å². The lowest BCUT2D eigenvalue weighted by molar-refractivity contribution is -0.0883. The molecule has 21 atom stereocenters. The van der Waals surface area contributed by atoms with Crippen molar-refractivity contribution in [1.82, 2.24) is 4.90 Å². The molecule has 0 radical (unpaired) electrons. The number of nitrogens with zero attached hydrogens (tertiary/aromatic N) is 1. The average molecular weight is 844 g/mol. The highest BCUT2D eigenvalue weighted by molar-refractivity contribution is 8.02. The molecule has 330 valence electrons. The quantitative estimate of drug-likeness (QED) is 0.274. The highest BCUT2D eigenvalue weighted by Gasteiger charge is 2.60. The summed E-state index contributed by atoms with van der Waals surface area (Å²) in [5.41, 5.74) is 0. The summed E-state index contributed by atoms with van der Waals surface area (Å²) in [5, 5.41) is 4.08. The van der Waals surface area contributed by atoms with Crippen LogP contribution in [0, 0.1) is 71.0 Å². The van der Waals surface area contributed by atoms with Gasteiger partial charge < -0.3 is 9.47 Å². The van der Waals surface area contributed by atoms with Gasteiger partial charge in [-0.15, -0.1) is 0 Å². The van der Waals surface area contributed by atoms with Crippen molar-refractivity contribution in [2.45, 2.75) is 263 Å². The summed E-state index contributed by atoms with van der Waals surface area (Å²) in [4.78, 5) is 3.38. The first-order valence-corrected chi connectivity index (χ1v) is 29.5. The maximum atomic E-state index is 7.41. The molecule has 0 aromatic heterocycles. The Morgan fingerprint density at radius 1 is 0.339 bits per heavy atom. The molecule has 13 aliphatic rings. The van der Waals surface area contributed by atoms with Crippen molar-refractivity contribution in [3.05, 3.63) is 0 Å². The van der Waals surface area contributed by atoms with E-state index in [1.54, 1.807) is 57.8 Å². The first-order chi connectivity index (χ1) is 29.2. The molecule has 0 spiro atoms. The van der Waals surface area contributed by atoms with Crippen LogP contribution >= 0.6 is 23.5 Å². The Morgan fingerprint density at radius 3 is 1.86 bits per heavy atom. The van der Waals surface area contributed by atoms with Gasteiger partial charge in [0.2, 0.25) is 0 Å². The van der Waals surface area contributed by atoms with E-state index in [4.69, 9.17) is 9.47 Å². The van der Waals surface area contributed by atoms with Crippen LogP contribution in [0.25, 0.3) is 0 Å². The number of hydrogen-bond acceptors (Lipinski definition) is 5. The molecule has 0 N–H and O–H groups in total. The second-order valence-corrected chi connectivity index (χ2v) is 27.4. The zero-order valence-electron chi connectivity index (χ0n) is 37.3. The van der Waals surface area contributed by atoms with Gasteiger partial charge >= 0.3 is 0 Å². The normalized spacial score (nSPS) is 56.8. The van der Waals surface area contributed by atoms with Gasteiger partial charge in [-0.05, 0) is 206 Å². The van der Waals surface area contributed by atoms with Gasteiger partial charge in [-0.1, -0.05) is 64.2 Å². The van der Waals surface area contributed by atoms with Gasteiger partial charge in [-0.2, -0.15) is 23.5 Å². The van der Waals surface area contributed by atoms with Gasteiger partial charge in [0.15, 0.2) is 0 Å². The Hall–Kier alpha value is 0.580. The third-order valence-electron chi connectivity index (χ3n) is 22.3. The summed E-state index contributed by atoms with van der Waals surface area (Å²) >= 11 is 5.18. The van der Waals surface area contributed by atoms with Crippen molar-refractivity contribution in [1.29, 1.82) is 0 Å². The van der Waals surface area contributed by atoms with Crippen LogP contribution in [0.1, 0.15) is 199 Å². The Bertz CT molecular complexity index is 1470. The fourth-order valence-electron chi connectivity index (χ4n) is 20.0. The smallest absolute Gasteiger partial charge is 0.0766 e. The zero-order valence-corrected chi connectivity index (χ0v) is 38.9. The van der Waals surface area contributed by atoms with Crippen LogP contribution in [-0.4, -0.2) is 68.4 Å². The third-order valence-corrected chi connectivity index (χ3v) is 26.2. The standard InChI is InChI=1S/C54H85NO2S2/c1-4-19-46-38(12-1)40-27-24-33(31-48(40)56-46)32-22-25-35(26-23-32)55(45-18-9-16-41-39-13-2-5-20-47(39)57-52(41)45)36-11-7-10-34(30-36)37-15-8-17-42-43-28-29-50-51(54(43)59-53(37)42)44-14-3-6-21-49(44)58-50/h32-54H,1-31H2. The van der Waals surface area contributed by atoms with E-state index in [0.717, 1.165) is 104 Å². The summed E-state index contributed by atoms with van der Waals surface area (Å²) in [6.07, 6.45) is 48.8. The minimum Gasteiger partial charge on any atom is -0.374 e. The fraction of sp³-hybridized carbons (Fsp3) is 1.00. The lowest BCUT2D eigenvalue weighted by atomic mass is 9.62. The van der Waals surface area contributed by atoms with E-state index in [1.807, 2.05) is 0 Å². The molecule has 59 heavy (non-hydrogen) atoms. The molecule has 4 aliphatic heterocycles. The van der Waals surface area contributed by atoms with Gasteiger partial charge in [-0.3, -0.25) is 4.90 Å². The number of ether oxygens (including phenoxy) is 2. The van der Waals surface area contributed by atoms with Crippen molar-refractivity contribution >= 4 is 23.5 Å². The fourth-order valence-corrected chi connectivity index (χ4v) is 24.8. The lowest BCUT2D eigenvalue weighted by Crippen LogP contribution is -2.58. The van der Waals surface area contributed by atoms with Crippen LogP contribution in [0.3, 0.4) is 0 Å². The molecular formula is C54H85NO2S2. The molecule has 4 saturated heterocycles. The molecule has 13 rings (SSSR count). The van der Waals surface area contributed by atoms with Crippen molar-refractivity contribution in [3.8, 4) is 0 Å². The Morgan fingerprint density at radius 2 is 0.983 bits per heavy atom. The molecule has 4 heterocycles. The van der Waals surface area contributed by atoms with Gasteiger partial charge in [-0.25, -0.2) is 0 Å². The van der Waals surface area contributed by atoms with E-state index in [-0.39, 0.29) is 0 Å². The van der Waals surface area contributed by atoms with Crippen molar-refractivity contribution < 1.29 is 9.47 Å². The van der Waals surface area contributed by atoms with Crippen molar-refractivity contribution in [2.75, 3.05) is 0 Å².